The minimum Gasteiger partial charge on any atom is -0.454 e. The minimum atomic E-state index is -0.343. The van der Waals surface area contributed by atoms with Gasteiger partial charge in [-0.3, -0.25) is 0 Å². The first-order chi connectivity index (χ1) is 9.75. The second kappa shape index (κ2) is 5.37. The highest BCUT2D eigenvalue weighted by molar-refractivity contribution is 5.95. The Morgan fingerprint density at radius 1 is 1.10 bits per heavy atom. The largest absolute Gasteiger partial charge is 0.454 e. The zero-order chi connectivity index (χ0) is 13.9. The van der Waals surface area contributed by atoms with Gasteiger partial charge in [-0.05, 0) is 42.5 Å². The Hall–Kier alpha value is -2.29. The van der Waals surface area contributed by atoms with E-state index in [4.69, 9.17) is 10.5 Å². The summed E-state index contributed by atoms with van der Waals surface area (Å²) in [6, 6.07) is 15.2. The van der Waals surface area contributed by atoms with Crippen LogP contribution in [-0.4, -0.2) is 5.97 Å². The van der Waals surface area contributed by atoms with Crippen LogP contribution in [0.25, 0.3) is 0 Å². The predicted octanol–water partition coefficient (Wildman–Crippen LogP) is 3.50. The summed E-state index contributed by atoms with van der Waals surface area (Å²) in [5.74, 6) is -0.343. The van der Waals surface area contributed by atoms with Gasteiger partial charge >= 0.3 is 5.97 Å². The lowest BCUT2D eigenvalue weighted by Crippen LogP contribution is -2.17. The first kappa shape index (κ1) is 12.7. The lowest BCUT2D eigenvalue weighted by Gasteiger charge is -2.25. The van der Waals surface area contributed by atoms with E-state index in [0.29, 0.717) is 11.3 Å². The number of esters is 1. The maximum atomic E-state index is 12.2. The second-order valence-electron chi connectivity index (χ2n) is 5.07. The molecule has 0 aromatic heterocycles. The molecule has 1 atom stereocenters. The number of fused-ring (bicyclic) bond motifs is 1. The third-order valence-corrected chi connectivity index (χ3v) is 3.74. The summed E-state index contributed by atoms with van der Waals surface area (Å²) in [7, 11) is 0. The van der Waals surface area contributed by atoms with Crippen molar-refractivity contribution >= 4 is 11.7 Å². The third-order valence-electron chi connectivity index (χ3n) is 3.74. The summed E-state index contributed by atoms with van der Waals surface area (Å²) in [4.78, 5) is 12.2. The molecule has 1 aliphatic rings. The Morgan fingerprint density at radius 2 is 1.85 bits per heavy atom. The molecule has 0 saturated carbocycles. The maximum Gasteiger partial charge on any atom is 0.340 e. The zero-order valence-electron chi connectivity index (χ0n) is 11.2. The molecular weight excluding hydrogens is 250 g/mol. The van der Waals surface area contributed by atoms with Crippen LogP contribution in [0.2, 0.25) is 0 Å². The number of hydrogen-bond acceptors (Lipinski definition) is 3. The molecule has 2 N–H and O–H groups in total. The van der Waals surface area contributed by atoms with Crippen LogP contribution in [-0.2, 0) is 11.2 Å². The van der Waals surface area contributed by atoms with Crippen molar-refractivity contribution in [3.8, 4) is 0 Å². The maximum absolute atomic E-state index is 12.2. The fourth-order valence-corrected chi connectivity index (χ4v) is 2.71. The Labute approximate surface area is 118 Å². The van der Waals surface area contributed by atoms with Gasteiger partial charge < -0.3 is 10.5 Å². The van der Waals surface area contributed by atoms with Crippen molar-refractivity contribution in [1.29, 1.82) is 0 Å². The fraction of sp³-hybridized carbons (Fsp3) is 0.235. The standard InChI is InChI=1S/C17H17NO2/c18-15-10-4-3-9-14(15)17(19)20-16-11-5-7-12-6-1-2-8-13(12)16/h1-4,6,8-10,16H,5,7,11,18H2. The van der Waals surface area contributed by atoms with E-state index in [1.54, 1.807) is 18.2 Å². The predicted molar refractivity (Wildman–Crippen MR) is 78.4 cm³/mol. The van der Waals surface area contributed by atoms with Crippen LogP contribution in [0.3, 0.4) is 0 Å². The molecule has 0 fully saturated rings. The summed E-state index contributed by atoms with van der Waals surface area (Å²) in [5, 5.41) is 0. The Bertz CT molecular complexity index is 636. The molecule has 0 radical (unpaired) electrons. The van der Waals surface area contributed by atoms with Gasteiger partial charge in [0.05, 0.1) is 5.56 Å². The molecule has 0 amide bonds. The van der Waals surface area contributed by atoms with E-state index in [9.17, 15) is 4.79 Å². The molecule has 0 bridgehead atoms. The summed E-state index contributed by atoms with van der Waals surface area (Å²) < 4.78 is 5.67. The molecule has 1 aliphatic carbocycles. The molecule has 3 heteroatoms. The quantitative estimate of drug-likeness (QED) is 0.669. The zero-order valence-corrected chi connectivity index (χ0v) is 11.2. The van der Waals surface area contributed by atoms with Crippen molar-refractivity contribution in [1.82, 2.24) is 0 Å². The summed E-state index contributed by atoms with van der Waals surface area (Å²) >= 11 is 0. The number of rotatable bonds is 2. The van der Waals surface area contributed by atoms with Crippen molar-refractivity contribution in [2.45, 2.75) is 25.4 Å². The number of benzene rings is 2. The van der Waals surface area contributed by atoms with Crippen LogP contribution in [0.5, 0.6) is 0 Å². The van der Waals surface area contributed by atoms with Crippen molar-refractivity contribution in [2.24, 2.45) is 0 Å². The van der Waals surface area contributed by atoms with Gasteiger partial charge in [-0.1, -0.05) is 36.4 Å². The first-order valence-corrected chi connectivity index (χ1v) is 6.89. The van der Waals surface area contributed by atoms with Gasteiger partial charge in [0.1, 0.15) is 6.10 Å². The van der Waals surface area contributed by atoms with E-state index in [0.717, 1.165) is 24.8 Å². The van der Waals surface area contributed by atoms with Gasteiger partial charge in [0.15, 0.2) is 0 Å². The van der Waals surface area contributed by atoms with Gasteiger partial charge in [-0.25, -0.2) is 4.79 Å². The molecule has 0 aliphatic heterocycles. The van der Waals surface area contributed by atoms with Crippen molar-refractivity contribution in [3.05, 3.63) is 65.2 Å². The van der Waals surface area contributed by atoms with Crippen LogP contribution in [0.4, 0.5) is 5.69 Å². The lowest BCUT2D eigenvalue weighted by molar-refractivity contribution is 0.0258. The van der Waals surface area contributed by atoms with Gasteiger partial charge in [0.25, 0.3) is 0 Å². The summed E-state index contributed by atoms with van der Waals surface area (Å²) in [6.07, 6.45) is 2.80. The number of ether oxygens (including phenoxy) is 1. The number of para-hydroxylation sites is 1. The van der Waals surface area contributed by atoms with Crippen LogP contribution in [0.1, 0.15) is 40.4 Å². The van der Waals surface area contributed by atoms with E-state index in [2.05, 4.69) is 6.07 Å². The molecule has 0 heterocycles. The van der Waals surface area contributed by atoms with Crippen LogP contribution in [0, 0.1) is 0 Å². The van der Waals surface area contributed by atoms with Crippen molar-refractivity contribution in [2.75, 3.05) is 5.73 Å². The fourth-order valence-electron chi connectivity index (χ4n) is 2.71. The molecule has 3 rings (SSSR count). The molecule has 102 valence electrons. The lowest BCUT2D eigenvalue weighted by atomic mass is 9.89. The monoisotopic (exact) mass is 267 g/mol. The molecule has 20 heavy (non-hydrogen) atoms. The number of hydrogen-bond donors (Lipinski definition) is 1. The Balaban J connectivity index is 1.83. The number of carbonyl (C=O) groups is 1. The average Bonchev–Trinajstić information content (AvgIpc) is 2.48. The molecule has 2 aromatic rings. The van der Waals surface area contributed by atoms with Gasteiger partial charge in [0.2, 0.25) is 0 Å². The summed E-state index contributed by atoms with van der Waals surface area (Å²) in [6.45, 7) is 0. The molecule has 3 nitrogen and oxygen atoms in total. The van der Waals surface area contributed by atoms with Gasteiger partial charge in [-0.15, -0.1) is 0 Å². The average molecular weight is 267 g/mol. The highest BCUT2D eigenvalue weighted by atomic mass is 16.5. The number of nitrogens with two attached hydrogens (primary N) is 1. The Morgan fingerprint density at radius 3 is 2.70 bits per heavy atom. The smallest absolute Gasteiger partial charge is 0.340 e. The second-order valence-corrected chi connectivity index (χ2v) is 5.07. The van der Waals surface area contributed by atoms with Gasteiger partial charge in [-0.2, -0.15) is 0 Å². The van der Waals surface area contributed by atoms with Crippen molar-refractivity contribution < 1.29 is 9.53 Å². The highest BCUT2D eigenvalue weighted by Gasteiger charge is 2.24. The van der Waals surface area contributed by atoms with Crippen LogP contribution in [0.15, 0.2) is 48.5 Å². The number of anilines is 1. The minimum absolute atomic E-state index is 0.160. The molecular formula is C17H17NO2. The van der Waals surface area contributed by atoms with Crippen LogP contribution >= 0.6 is 0 Å². The van der Waals surface area contributed by atoms with Crippen LogP contribution < -0.4 is 5.73 Å². The number of aryl methyl sites for hydroxylation is 1. The van der Waals surface area contributed by atoms with E-state index in [1.165, 1.54) is 5.56 Å². The van der Waals surface area contributed by atoms with Crippen molar-refractivity contribution in [3.63, 3.8) is 0 Å². The van der Waals surface area contributed by atoms with E-state index < -0.39 is 0 Å². The SMILES string of the molecule is Nc1ccccc1C(=O)OC1CCCc2ccccc21. The van der Waals surface area contributed by atoms with E-state index in [1.807, 2.05) is 24.3 Å². The highest BCUT2D eigenvalue weighted by Crippen LogP contribution is 2.33. The van der Waals surface area contributed by atoms with Gasteiger partial charge in [0, 0.05) is 5.69 Å². The number of carbonyl (C=O) groups excluding carboxylic acids is 1. The summed E-state index contributed by atoms with van der Waals surface area (Å²) in [5.41, 5.74) is 9.12. The molecule has 1 unspecified atom stereocenters. The third kappa shape index (κ3) is 2.39. The Kier molecular flexibility index (Phi) is 3.42. The number of nitrogen functional groups attached to an aromatic ring is 1. The molecule has 0 spiro atoms. The van der Waals surface area contributed by atoms with E-state index in [-0.39, 0.29) is 12.1 Å². The topological polar surface area (TPSA) is 52.3 Å². The first-order valence-electron chi connectivity index (χ1n) is 6.89. The molecule has 2 aromatic carbocycles. The normalized spacial score (nSPS) is 17.3. The molecule has 0 saturated heterocycles. The van der Waals surface area contributed by atoms with E-state index >= 15 is 0 Å².